The molecular weight excluding hydrogens is 377 g/mol. The van der Waals surface area contributed by atoms with Gasteiger partial charge in [0.15, 0.2) is 17.5 Å². The maximum atomic E-state index is 6.09. The first-order valence-electron chi connectivity index (χ1n) is 7.84. The van der Waals surface area contributed by atoms with Crippen LogP contribution in [0.3, 0.4) is 0 Å². The van der Waals surface area contributed by atoms with Gasteiger partial charge >= 0.3 is 0 Å². The van der Waals surface area contributed by atoms with E-state index in [0.29, 0.717) is 41.3 Å². The summed E-state index contributed by atoms with van der Waals surface area (Å²) in [6.45, 7) is 1.21. The van der Waals surface area contributed by atoms with Crippen LogP contribution in [0.4, 0.5) is 5.69 Å². The average molecular weight is 398 g/mol. The van der Waals surface area contributed by atoms with Crippen molar-refractivity contribution >= 4 is 34.8 Å². The van der Waals surface area contributed by atoms with Gasteiger partial charge in [0, 0.05) is 21.8 Å². The number of anilines is 1. The van der Waals surface area contributed by atoms with Gasteiger partial charge in [-0.05, 0) is 29.8 Å². The molecule has 0 fully saturated rings. The number of nitrogens with one attached hydrogen (secondary N) is 1. The van der Waals surface area contributed by atoms with Crippen LogP contribution < -0.4 is 20.5 Å². The Morgan fingerprint density at radius 1 is 1.08 bits per heavy atom. The molecule has 0 saturated heterocycles. The summed E-state index contributed by atoms with van der Waals surface area (Å²) in [5.41, 5.74) is 7.50. The molecule has 8 heteroatoms. The number of nitrogens with zero attached hydrogens (tertiary/aromatic N) is 1. The lowest BCUT2D eigenvalue weighted by Crippen LogP contribution is -2.23. The van der Waals surface area contributed by atoms with Crippen molar-refractivity contribution in [1.82, 2.24) is 0 Å². The van der Waals surface area contributed by atoms with Crippen molar-refractivity contribution in [2.24, 2.45) is 10.7 Å². The molecule has 26 heavy (non-hydrogen) atoms. The molecule has 0 aromatic heterocycles. The molecule has 0 saturated carbocycles. The van der Waals surface area contributed by atoms with Gasteiger partial charge in [-0.1, -0.05) is 29.3 Å². The first-order valence-corrected chi connectivity index (χ1v) is 8.59. The number of halogens is 2. The molecule has 2 aromatic carbocycles. The average Bonchev–Trinajstić information content (AvgIpc) is 2.62. The summed E-state index contributed by atoms with van der Waals surface area (Å²) in [6.07, 6.45) is 0. The molecular formula is C18H21Cl2N3O3. The number of aliphatic imine (C=N–C) groups is 1. The second kappa shape index (κ2) is 10.1. The van der Waals surface area contributed by atoms with Crippen molar-refractivity contribution in [2.75, 3.05) is 32.7 Å². The first kappa shape index (κ1) is 20.2. The maximum absolute atomic E-state index is 6.09. The van der Waals surface area contributed by atoms with Crippen LogP contribution in [0.1, 0.15) is 5.56 Å². The van der Waals surface area contributed by atoms with E-state index in [1.54, 1.807) is 38.5 Å². The summed E-state index contributed by atoms with van der Waals surface area (Å²) in [5, 5.41) is 4.17. The Bertz CT molecular complexity index is 769. The van der Waals surface area contributed by atoms with E-state index in [-0.39, 0.29) is 5.96 Å². The van der Waals surface area contributed by atoms with Gasteiger partial charge < -0.3 is 25.3 Å². The van der Waals surface area contributed by atoms with E-state index in [9.17, 15) is 0 Å². The third kappa shape index (κ3) is 5.98. The molecule has 6 nitrogen and oxygen atoms in total. The molecule has 0 amide bonds. The van der Waals surface area contributed by atoms with Crippen LogP contribution in [0.25, 0.3) is 0 Å². The molecule has 0 spiro atoms. The van der Waals surface area contributed by atoms with E-state index in [0.717, 1.165) is 11.3 Å². The predicted octanol–water partition coefficient (Wildman–Crippen LogP) is 3.95. The van der Waals surface area contributed by atoms with Crippen molar-refractivity contribution in [1.29, 1.82) is 0 Å². The van der Waals surface area contributed by atoms with Crippen LogP contribution in [0.2, 0.25) is 10.0 Å². The Labute approximate surface area is 162 Å². The smallest absolute Gasteiger partial charge is 0.193 e. The van der Waals surface area contributed by atoms with E-state index in [4.69, 9.17) is 43.1 Å². The minimum Gasteiger partial charge on any atom is -0.493 e. The van der Waals surface area contributed by atoms with Crippen molar-refractivity contribution < 1.29 is 14.2 Å². The highest BCUT2D eigenvalue weighted by Crippen LogP contribution is 2.29. The molecule has 0 aliphatic carbocycles. The first-order chi connectivity index (χ1) is 12.5. The zero-order valence-corrected chi connectivity index (χ0v) is 16.1. The molecule has 2 aromatic rings. The van der Waals surface area contributed by atoms with Gasteiger partial charge in [-0.2, -0.15) is 0 Å². The molecule has 0 bridgehead atoms. The number of ether oxygens (including phenoxy) is 3. The topological polar surface area (TPSA) is 78.1 Å². The van der Waals surface area contributed by atoms with Crippen molar-refractivity contribution in [2.45, 2.75) is 6.61 Å². The molecule has 0 unspecified atom stereocenters. The lowest BCUT2D eigenvalue weighted by Gasteiger charge is -2.11. The number of benzene rings is 2. The highest BCUT2D eigenvalue weighted by atomic mass is 35.5. The Hall–Kier alpha value is -2.15. The van der Waals surface area contributed by atoms with Crippen molar-refractivity contribution in [3.05, 3.63) is 52.0 Å². The van der Waals surface area contributed by atoms with Gasteiger partial charge in [0.2, 0.25) is 0 Å². The Kier molecular flexibility index (Phi) is 7.84. The van der Waals surface area contributed by atoms with E-state index >= 15 is 0 Å². The van der Waals surface area contributed by atoms with Crippen LogP contribution in [-0.2, 0) is 11.3 Å². The molecule has 0 radical (unpaired) electrons. The highest BCUT2D eigenvalue weighted by Gasteiger charge is 2.05. The summed E-state index contributed by atoms with van der Waals surface area (Å²) in [6, 6.07) is 10.7. The molecule has 2 rings (SSSR count). The number of methoxy groups -OCH3 is 2. The van der Waals surface area contributed by atoms with Crippen LogP contribution in [0.15, 0.2) is 41.4 Å². The monoisotopic (exact) mass is 397 g/mol. The molecule has 0 aliphatic heterocycles. The Balaban J connectivity index is 1.79. The SMILES string of the molecule is COc1ccc(NC(N)=NCCOCc2ccc(Cl)cc2Cl)cc1OC. The Morgan fingerprint density at radius 2 is 1.85 bits per heavy atom. The number of hydrogen-bond donors (Lipinski definition) is 2. The van der Waals surface area contributed by atoms with Crippen LogP contribution in [-0.4, -0.2) is 33.3 Å². The number of guanidine groups is 1. The molecule has 3 N–H and O–H groups in total. The quantitative estimate of drug-likeness (QED) is 0.400. The summed E-state index contributed by atoms with van der Waals surface area (Å²) < 4.78 is 16.0. The molecule has 0 heterocycles. The van der Waals surface area contributed by atoms with Gasteiger partial charge in [-0.25, -0.2) is 0 Å². The van der Waals surface area contributed by atoms with Crippen LogP contribution in [0, 0.1) is 0 Å². The zero-order chi connectivity index (χ0) is 18.9. The van der Waals surface area contributed by atoms with Crippen LogP contribution in [0.5, 0.6) is 11.5 Å². The van der Waals surface area contributed by atoms with Crippen molar-refractivity contribution in [3.63, 3.8) is 0 Å². The standard InChI is InChI=1S/C18H21Cl2N3O3/c1-24-16-6-5-14(10-17(16)25-2)23-18(21)22-7-8-26-11-12-3-4-13(19)9-15(12)20/h3-6,9-10H,7-8,11H2,1-2H3,(H3,21,22,23). The van der Waals surface area contributed by atoms with E-state index in [1.165, 1.54) is 0 Å². The number of nitrogens with two attached hydrogens (primary N) is 1. The van der Waals surface area contributed by atoms with Gasteiger partial charge in [0.1, 0.15) is 0 Å². The minimum atomic E-state index is 0.283. The molecule has 140 valence electrons. The number of hydrogen-bond acceptors (Lipinski definition) is 4. The second-order valence-corrected chi connectivity index (χ2v) is 6.09. The van der Waals surface area contributed by atoms with Crippen molar-refractivity contribution in [3.8, 4) is 11.5 Å². The van der Waals surface area contributed by atoms with Gasteiger partial charge in [0.25, 0.3) is 0 Å². The van der Waals surface area contributed by atoms with Gasteiger partial charge in [-0.15, -0.1) is 0 Å². The lowest BCUT2D eigenvalue weighted by molar-refractivity contribution is 0.128. The summed E-state index contributed by atoms with van der Waals surface area (Å²) in [4.78, 5) is 4.22. The van der Waals surface area contributed by atoms with Gasteiger partial charge in [-0.3, -0.25) is 4.99 Å². The second-order valence-electron chi connectivity index (χ2n) is 5.25. The normalized spacial score (nSPS) is 11.3. The third-order valence-corrected chi connectivity index (χ3v) is 4.03. The maximum Gasteiger partial charge on any atom is 0.193 e. The summed E-state index contributed by atoms with van der Waals surface area (Å²) >= 11 is 11.9. The fourth-order valence-electron chi connectivity index (χ4n) is 2.15. The molecule has 0 atom stereocenters. The molecule has 0 aliphatic rings. The fraction of sp³-hybridized carbons (Fsp3) is 0.278. The minimum absolute atomic E-state index is 0.283. The van der Waals surface area contributed by atoms with Gasteiger partial charge in [0.05, 0.1) is 34.0 Å². The predicted molar refractivity (Wildman–Crippen MR) is 106 cm³/mol. The highest BCUT2D eigenvalue weighted by molar-refractivity contribution is 6.35. The Morgan fingerprint density at radius 3 is 2.54 bits per heavy atom. The van der Waals surface area contributed by atoms with E-state index in [2.05, 4.69) is 10.3 Å². The largest absolute Gasteiger partial charge is 0.493 e. The zero-order valence-electron chi connectivity index (χ0n) is 14.6. The summed E-state index contributed by atoms with van der Waals surface area (Å²) in [5.74, 6) is 1.53. The number of rotatable bonds is 8. The lowest BCUT2D eigenvalue weighted by atomic mass is 10.2. The fourth-order valence-corrected chi connectivity index (χ4v) is 2.62. The third-order valence-electron chi connectivity index (χ3n) is 3.45. The summed E-state index contributed by atoms with van der Waals surface area (Å²) in [7, 11) is 3.15. The van der Waals surface area contributed by atoms with E-state index in [1.807, 2.05) is 12.1 Å². The van der Waals surface area contributed by atoms with Crippen LogP contribution >= 0.6 is 23.2 Å². The van der Waals surface area contributed by atoms with E-state index < -0.39 is 0 Å².